The molecule has 0 saturated heterocycles. The summed E-state index contributed by atoms with van der Waals surface area (Å²) in [6.45, 7) is 6.68. The summed E-state index contributed by atoms with van der Waals surface area (Å²) in [6, 6.07) is 16.6. The number of aromatic carboxylic acids is 2. The maximum Gasteiger partial charge on any atom is 0.335 e. The van der Waals surface area contributed by atoms with Crippen LogP contribution in [0.15, 0.2) is 60.7 Å². The average molecular weight is 503 g/mol. The molecule has 2 aromatic carbocycles. The van der Waals surface area contributed by atoms with Gasteiger partial charge in [-0.05, 0) is 55.4 Å². The van der Waals surface area contributed by atoms with Gasteiger partial charge in [-0.1, -0.05) is 95.7 Å². The second kappa shape index (κ2) is 21.6. The van der Waals surface area contributed by atoms with E-state index in [0.717, 1.165) is 19.3 Å². The third-order valence-electron chi connectivity index (χ3n) is 6.11. The quantitative estimate of drug-likeness (QED) is 0.209. The van der Waals surface area contributed by atoms with Crippen LogP contribution in [0.1, 0.15) is 99.3 Å². The highest BCUT2D eigenvalue weighted by Gasteiger charge is 2.26. The van der Waals surface area contributed by atoms with Crippen LogP contribution in [-0.2, 0) is 0 Å². The lowest BCUT2D eigenvalue weighted by molar-refractivity contribution is 0.0348. The monoisotopic (exact) mass is 502 g/mol. The molecule has 3 atom stereocenters. The highest BCUT2D eigenvalue weighted by molar-refractivity contribution is 5.87. The zero-order valence-corrected chi connectivity index (χ0v) is 22.2. The molecule has 2 aromatic rings. The lowest BCUT2D eigenvalue weighted by Gasteiger charge is -2.29. The zero-order chi connectivity index (χ0) is 27.2. The molecule has 0 fully saturated rings. The predicted molar refractivity (Wildman–Crippen MR) is 145 cm³/mol. The Balaban J connectivity index is 0.000000564. The average Bonchev–Trinajstić information content (AvgIpc) is 2.91. The second-order valence-electron chi connectivity index (χ2n) is 8.92. The van der Waals surface area contributed by atoms with Crippen LogP contribution in [0.4, 0.5) is 0 Å². The van der Waals surface area contributed by atoms with E-state index in [9.17, 15) is 19.8 Å². The summed E-state index contributed by atoms with van der Waals surface area (Å²) >= 11 is 0. The molecule has 4 N–H and O–H groups in total. The number of aliphatic hydroxyl groups excluding tert-OH is 2. The van der Waals surface area contributed by atoms with Crippen molar-refractivity contribution in [1.82, 2.24) is 0 Å². The number of aliphatic hydroxyl groups is 2. The summed E-state index contributed by atoms with van der Waals surface area (Å²) < 4.78 is 0. The van der Waals surface area contributed by atoms with Gasteiger partial charge < -0.3 is 20.4 Å². The highest BCUT2D eigenvalue weighted by Crippen LogP contribution is 2.28. The van der Waals surface area contributed by atoms with E-state index >= 15 is 0 Å². The van der Waals surface area contributed by atoms with Crippen LogP contribution < -0.4 is 0 Å². The molecule has 0 heterocycles. The van der Waals surface area contributed by atoms with E-state index in [1.807, 2.05) is 6.92 Å². The Morgan fingerprint density at radius 3 is 1.42 bits per heavy atom. The highest BCUT2D eigenvalue weighted by atomic mass is 16.4. The fraction of sp³-hybridized carbons (Fsp3) is 0.533. The van der Waals surface area contributed by atoms with E-state index in [1.165, 1.54) is 38.5 Å². The summed E-state index contributed by atoms with van der Waals surface area (Å²) in [7, 11) is 0. The van der Waals surface area contributed by atoms with Crippen LogP contribution in [0.5, 0.6) is 0 Å². The van der Waals surface area contributed by atoms with Crippen molar-refractivity contribution in [1.29, 1.82) is 0 Å². The smallest absolute Gasteiger partial charge is 0.335 e. The van der Waals surface area contributed by atoms with Crippen molar-refractivity contribution < 1.29 is 30.0 Å². The van der Waals surface area contributed by atoms with Gasteiger partial charge in [-0.25, -0.2) is 9.59 Å². The number of benzene rings is 2. The molecule has 0 aliphatic heterocycles. The van der Waals surface area contributed by atoms with Gasteiger partial charge in [0.1, 0.15) is 0 Å². The minimum absolute atomic E-state index is 0.234. The number of carboxylic acids is 2. The van der Waals surface area contributed by atoms with E-state index < -0.39 is 11.9 Å². The van der Waals surface area contributed by atoms with Crippen molar-refractivity contribution in [3.8, 4) is 0 Å². The molecule has 202 valence electrons. The van der Waals surface area contributed by atoms with E-state index in [1.54, 1.807) is 60.7 Å². The number of rotatable bonds is 14. The fourth-order valence-electron chi connectivity index (χ4n) is 3.93. The molecule has 0 radical (unpaired) electrons. The van der Waals surface area contributed by atoms with Gasteiger partial charge in [0.15, 0.2) is 0 Å². The number of hydrogen-bond acceptors (Lipinski definition) is 4. The summed E-state index contributed by atoms with van der Waals surface area (Å²) in [6.07, 6.45) is 9.98. The molecule has 0 aliphatic carbocycles. The lowest BCUT2D eigenvalue weighted by Crippen LogP contribution is -2.30. The van der Waals surface area contributed by atoms with Crippen LogP contribution in [0.2, 0.25) is 0 Å². The minimum Gasteiger partial charge on any atom is -0.478 e. The molecule has 0 saturated carbocycles. The van der Waals surface area contributed by atoms with Gasteiger partial charge in [0, 0.05) is 6.61 Å². The molecule has 0 spiro atoms. The van der Waals surface area contributed by atoms with Gasteiger partial charge in [0.05, 0.1) is 17.2 Å². The summed E-state index contributed by atoms with van der Waals surface area (Å²) in [5.74, 6) is -1.17. The van der Waals surface area contributed by atoms with Crippen LogP contribution in [0.3, 0.4) is 0 Å². The number of carboxylic acid groups (broad SMARTS) is 2. The van der Waals surface area contributed by atoms with Crippen molar-refractivity contribution in [2.24, 2.45) is 11.8 Å². The predicted octanol–water partition coefficient (Wildman–Crippen LogP) is 6.91. The molecule has 0 bridgehead atoms. The molecule has 0 amide bonds. The van der Waals surface area contributed by atoms with E-state index in [-0.39, 0.29) is 12.7 Å². The fourth-order valence-corrected chi connectivity index (χ4v) is 3.93. The number of unbranched alkanes of at least 4 members (excludes halogenated alkanes) is 4. The van der Waals surface area contributed by atoms with Gasteiger partial charge in [0.2, 0.25) is 0 Å². The van der Waals surface area contributed by atoms with Crippen molar-refractivity contribution in [3.05, 3.63) is 71.8 Å². The van der Waals surface area contributed by atoms with Crippen LogP contribution >= 0.6 is 0 Å². The molecule has 36 heavy (non-hydrogen) atoms. The normalized spacial score (nSPS) is 12.7. The topological polar surface area (TPSA) is 115 Å². The standard InChI is InChI=1S/C16H34O2.2C7H6O2/c1-4-7-9-11-14(13-17)15(16(18)6-3)12-10-8-5-2;2*8-7(9)6-4-2-1-3-5-6/h14-18H,4-13H2,1-3H3;2*1-5H,(H,8,9). The Bertz CT molecular complexity index is 744. The Morgan fingerprint density at radius 1 is 0.694 bits per heavy atom. The molecular formula is C30H46O6. The van der Waals surface area contributed by atoms with Crippen molar-refractivity contribution in [2.45, 2.75) is 84.7 Å². The Kier molecular flexibility index (Phi) is 20.0. The summed E-state index contributed by atoms with van der Waals surface area (Å²) in [4.78, 5) is 20.4. The van der Waals surface area contributed by atoms with Gasteiger partial charge in [-0.15, -0.1) is 0 Å². The van der Waals surface area contributed by atoms with Crippen molar-refractivity contribution in [3.63, 3.8) is 0 Å². The van der Waals surface area contributed by atoms with E-state index in [0.29, 0.717) is 23.0 Å². The molecule has 2 rings (SSSR count). The Hall–Kier alpha value is -2.70. The largest absolute Gasteiger partial charge is 0.478 e. The lowest BCUT2D eigenvalue weighted by atomic mass is 9.80. The molecule has 3 unspecified atom stereocenters. The third kappa shape index (κ3) is 15.3. The van der Waals surface area contributed by atoms with Crippen LogP contribution in [0.25, 0.3) is 0 Å². The second-order valence-corrected chi connectivity index (χ2v) is 8.92. The molecule has 6 nitrogen and oxygen atoms in total. The first-order valence-electron chi connectivity index (χ1n) is 13.2. The van der Waals surface area contributed by atoms with Crippen molar-refractivity contribution >= 4 is 11.9 Å². The van der Waals surface area contributed by atoms with E-state index in [4.69, 9.17) is 10.2 Å². The first-order valence-corrected chi connectivity index (χ1v) is 13.2. The van der Waals surface area contributed by atoms with Crippen LogP contribution in [0, 0.1) is 11.8 Å². The maximum atomic E-state index is 10.2. The summed E-state index contributed by atoms with van der Waals surface area (Å²) in [5, 5.41) is 36.5. The molecule has 6 heteroatoms. The number of carbonyl (C=O) groups is 2. The molecular weight excluding hydrogens is 456 g/mol. The van der Waals surface area contributed by atoms with Gasteiger partial charge in [-0.3, -0.25) is 0 Å². The minimum atomic E-state index is -0.879. The first kappa shape index (κ1) is 33.3. The molecule has 0 aromatic heterocycles. The Morgan fingerprint density at radius 2 is 1.11 bits per heavy atom. The first-order chi connectivity index (χ1) is 17.3. The van der Waals surface area contributed by atoms with Gasteiger partial charge >= 0.3 is 11.9 Å². The van der Waals surface area contributed by atoms with E-state index in [2.05, 4.69) is 13.8 Å². The Labute approximate surface area is 217 Å². The zero-order valence-electron chi connectivity index (χ0n) is 22.2. The van der Waals surface area contributed by atoms with Crippen LogP contribution in [-0.4, -0.2) is 45.1 Å². The molecule has 0 aliphatic rings. The SMILES string of the molecule is CCCCCC(CO)C(CCCCC)C(O)CC.O=C(O)c1ccccc1.O=C(O)c1ccccc1. The summed E-state index contributed by atoms with van der Waals surface area (Å²) in [5.41, 5.74) is 0.662. The van der Waals surface area contributed by atoms with Gasteiger partial charge in [-0.2, -0.15) is 0 Å². The maximum absolute atomic E-state index is 10.2. The van der Waals surface area contributed by atoms with Crippen molar-refractivity contribution in [2.75, 3.05) is 6.61 Å². The number of hydrogen-bond donors (Lipinski definition) is 4. The third-order valence-corrected chi connectivity index (χ3v) is 6.11. The van der Waals surface area contributed by atoms with Gasteiger partial charge in [0.25, 0.3) is 0 Å².